The second-order valence-electron chi connectivity index (χ2n) is 5.55. The quantitative estimate of drug-likeness (QED) is 0.889. The average Bonchev–Trinajstić information content (AvgIpc) is 2.45. The fraction of sp³-hybridized carbons (Fsp3) is 0.353. The Kier molecular flexibility index (Phi) is 3.90. The summed E-state index contributed by atoms with van der Waals surface area (Å²) in [4.78, 5) is 4.52. The van der Waals surface area contributed by atoms with Crippen LogP contribution in [0.25, 0.3) is 0 Å². The molecule has 0 saturated heterocycles. The molecule has 1 aliphatic rings. The van der Waals surface area contributed by atoms with Gasteiger partial charge in [0.15, 0.2) is 0 Å². The lowest BCUT2D eigenvalue weighted by Crippen LogP contribution is -2.18. The first-order valence-electron chi connectivity index (χ1n) is 7.04. The highest BCUT2D eigenvalue weighted by molar-refractivity contribution is 9.10. The third-order valence-corrected chi connectivity index (χ3v) is 4.48. The van der Waals surface area contributed by atoms with E-state index in [9.17, 15) is 5.11 Å². The number of fused-ring (bicyclic) bond motifs is 1. The molecule has 0 spiro atoms. The molecule has 2 nitrogen and oxygen atoms in total. The fourth-order valence-electron chi connectivity index (χ4n) is 3.12. The zero-order valence-corrected chi connectivity index (χ0v) is 13.1. The molecule has 1 aromatic heterocycles. The van der Waals surface area contributed by atoms with Crippen LogP contribution in [-0.2, 0) is 6.42 Å². The molecule has 0 fully saturated rings. The summed E-state index contributed by atoms with van der Waals surface area (Å²) >= 11 is 3.51. The average molecular weight is 332 g/mol. The Bertz CT molecular complexity index is 606. The maximum Gasteiger partial charge on any atom is 0.0874 e. The van der Waals surface area contributed by atoms with Gasteiger partial charge >= 0.3 is 0 Å². The molecule has 2 aromatic rings. The number of hydrogen-bond acceptors (Lipinski definition) is 2. The number of benzene rings is 1. The van der Waals surface area contributed by atoms with E-state index in [1.165, 1.54) is 5.56 Å². The molecular weight excluding hydrogens is 314 g/mol. The van der Waals surface area contributed by atoms with Crippen molar-refractivity contribution in [3.8, 4) is 0 Å². The smallest absolute Gasteiger partial charge is 0.0874 e. The van der Waals surface area contributed by atoms with Crippen molar-refractivity contribution >= 4 is 15.9 Å². The van der Waals surface area contributed by atoms with Crippen molar-refractivity contribution < 1.29 is 5.11 Å². The van der Waals surface area contributed by atoms with Gasteiger partial charge in [-0.2, -0.15) is 0 Å². The van der Waals surface area contributed by atoms with Gasteiger partial charge in [0, 0.05) is 22.3 Å². The summed E-state index contributed by atoms with van der Waals surface area (Å²) in [7, 11) is 0. The maximum absolute atomic E-state index is 10.8. The molecule has 1 aliphatic carbocycles. The van der Waals surface area contributed by atoms with Crippen molar-refractivity contribution in [3.63, 3.8) is 0 Å². The summed E-state index contributed by atoms with van der Waals surface area (Å²) in [5.74, 6) is 0.105. The summed E-state index contributed by atoms with van der Waals surface area (Å²) < 4.78 is 1.02. The van der Waals surface area contributed by atoms with E-state index < -0.39 is 6.10 Å². The Morgan fingerprint density at radius 3 is 3.00 bits per heavy atom. The molecule has 0 bridgehead atoms. The van der Waals surface area contributed by atoms with Gasteiger partial charge in [-0.15, -0.1) is 0 Å². The van der Waals surface area contributed by atoms with Crippen LogP contribution in [0.4, 0.5) is 0 Å². The van der Waals surface area contributed by atoms with E-state index >= 15 is 0 Å². The fourth-order valence-corrected chi connectivity index (χ4v) is 3.75. The van der Waals surface area contributed by atoms with Crippen LogP contribution < -0.4 is 0 Å². The topological polar surface area (TPSA) is 33.1 Å². The zero-order valence-electron chi connectivity index (χ0n) is 11.5. The number of rotatable bonds is 2. The minimum absolute atomic E-state index is 0.105. The minimum Gasteiger partial charge on any atom is -0.388 e. The number of aliphatic hydroxyl groups excluding tert-OH is 1. The van der Waals surface area contributed by atoms with Crippen molar-refractivity contribution in [2.24, 2.45) is 0 Å². The Labute approximate surface area is 128 Å². The molecule has 3 heteroatoms. The van der Waals surface area contributed by atoms with E-state index in [1.807, 2.05) is 25.3 Å². The summed E-state index contributed by atoms with van der Waals surface area (Å²) in [5, 5.41) is 10.8. The number of hydrogen-bond donors (Lipinski definition) is 1. The van der Waals surface area contributed by atoms with E-state index in [0.717, 1.165) is 40.6 Å². The van der Waals surface area contributed by atoms with Crippen LogP contribution in [-0.4, -0.2) is 10.1 Å². The number of pyridine rings is 1. The molecule has 1 heterocycles. The molecule has 3 rings (SSSR count). The number of halogens is 1. The Balaban J connectivity index is 1.97. The van der Waals surface area contributed by atoms with Crippen molar-refractivity contribution in [3.05, 3.63) is 63.4 Å². The minimum atomic E-state index is -0.486. The lowest BCUT2D eigenvalue weighted by Gasteiger charge is -2.28. The highest BCUT2D eigenvalue weighted by Crippen LogP contribution is 2.39. The Morgan fingerprint density at radius 2 is 2.20 bits per heavy atom. The van der Waals surface area contributed by atoms with Crippen molar-refractivity contribution in [1.29, 1.82) is 0 Å². The predicted octanol–water partition coefficient (Wildman–Crippen LogP) is 4.31. The normalized spacial score (nSPS) is 19.4. The number of aliphatic hydroxyl groups is 1. The van der Waals surface area contributed by atoms with Gasteiger partial charge in [0.1, 0.15) is 0 Å². The van der Waals surface area contributed by atoms with E-state index in [1.54, 1.807) is 0 Å². The number of aryl methyl sites for hydroxylation is 2. The van der Waals surface area contributed by atoms with E-state index in [0.29, 0.717) is 0 Å². The van der Waals surface area contributed by atoms with Gasteiger partial charge in [-0.05, 0) is 61.1 Å². The molecule has 104 valence electrons. The SMILES string of the molecule is Cc1cc(Br)cc(C(O)C2CCCc3cccnc32)c1. The van der Waals surface area contributed by atoms with Crippen LogP contribution in [0.3, 0.4) is 0 Å². The Hall–Kier alpha value is -1.19. The molecular formula is C17H18BrNO. The molecule has 1 N–H and O–H groups in total. The van der Waals surface area contributed by atoms with Gasteiger partial charge in [0.25, 0.3) is 0 Å². The first-order valence-corrected chi connectivity index (χ1v) is 7.83. The third kappa shape index (κ3) is 2.65. The molecule has 0 radical (unpaired) electrons. The second-order valence-corrected chi connectivity index (χ2v) is 6.47. The van der Waals surface area contributed by atoms with Crippen LogP contribution in [0.5, 0.6) is 0 Å². The molecule has 2 atom stereocenters. The standard InChI is InChI=1S/C17H18BrNO/c1-11-8-13(10-14(18)9-11)17(20)15-6-2-4-12-5-3-7-19-16(12)15/h3,5,7-10,15,17,20H,2,4,6H2,1H3. The summed E-state index contributed by atoms with van der Waals surface area (Å²) in [6.07, 6.45) is 4.53. The van der Waals surface area contributed by atoms with Crippen LogP contribution in [0.1, 0.15) is 47.2 Å². The highest BCUT2D eigenvalue weighted by Gasteiger charge is 2.28. The lowest BCUT2D eigenvalue weighted by molar-refractivity contribution is 0.134. The van der Waals surface area contributed by atoms with E-state index in [-0.39, 0.29) is 5.92 Å². The van der Waals surface area contributed by atoms with E-state index in [4.69, 9.17) is 0 Å². The van der Waals surface area contributed by atoms with E-state index in [2.05, 4.69) is 39.1 Å². The van der Waals surface area contributed by atoms with Crippen LogP contribution in [0, 0.1) is 6.92 Å². The zero-order chi connectivity index (χ0) is 14.1. The summed E-state index contributed by atoms with van der Waals surface area (Å²) in [6.45, 7) is 2.05. The van der Waals surface area contributed by atoms with Crippen LogP contribution in [0.15, 0.2) is 41.0 Å². The van der Waals surface area contributed by atoms with Gasteiger partial charge in [-0.1, -0.05) is 28.1 Å². The predicted molar refractivity (Wildman–Crippen MR) is 83.8 cm³/mol. The van der Waals surface area contributed by atoms with Gasteiger partial charge in [0.2, 0.25) is 0 Å². The lowest BCUT2D eigenvalue weighted by atomic mass is 9.81. The largest absolute Gasteiger partial charge is 0.388 e. The first kappa shape index (κ1) is 13.8. The van der Waals surface area contributed by atoms with Gasteiger partial charge in [0.05, 0.1) is 6.10 Å². The van der Waals surface area contributed by atoms with Gasteiger partial charge < -0.3 is 5.11 Å². The summed E-state index contributed by atoms with van der Waals surface area (Å²) in [5.41, 5.74) is 4.49. The Morgan fingerprint density at radius 1 is 1.35 bits per heavy atom. The number of aromatic nitrogens is 1. The van der Waals surface area contributed by atoms with Gasteiger partial charge in [-0.25, -0.2) is 0 Å². The van der Waals surface area contributed by atoms with Crippen LogP contribution >= 0.6 is 15.9 Å². The third-order valence-electron chi connectivity index (χ3n) is 4.03. The van der Waals surface area contributed by atoms with Crippen molar-refractivity contribution in [1.82, 2.24) is 4.98 Å². The second kappa shape index (κ2) is 5.66. The molecule has 0 amide bonds. The van der Waals surface area contributed by atoms with Crippen LogP contribution in [0.2, 0.25) is 0 Å². The molecule has 20 heavy (non-hydrogen) atoms. The maximum atomic E-state index is 10.8. The number of nitrogens with zero attached hydrogens (tertiary/aromatic N) is 1. The summed E-state index contributed by atoms with van der Waals surface area (Å²) in [6, 6.07) is 10.2. The molecule has 0 aliphatic heterocycles. The molecule has 0 saturated carbocycles. The highest BCUT2D eigenvalue weighted by atomic mass is 79.9. The monoisotopic (exact) mass is 331 g/mol. The van der Waals surface area contributed by atoms with Crippen molar-refractivity contribution in [2.45, 2.75) is 38.2 Å². The first-order chi connectivity index (χ1) is 9.65. The molecule has 1 aromatic carbocycles. The van der Waals surface area contributed by atoms with Gasteiger partial charge in [-0.3, -0.25) is 4.98 Å². The molecule has 2 unspecified atom stereocenters. The van der Waals surface area contributed by atoms with Crippen molar-refractivity contribution in [2.75, 3.05) is 0 Å².